The number of hydrogen-bond acceptors (Lipinski definition) is 3. The van der Waals surface area contributed by atoms with Crippen LogP contribution in [0.25, 0.3) is 0 Å². The minimum absolute atomic E-state index is 0.140. The van der Waals surface area contributed by atoms with Crippen LogP contribution in [0.1, 0.15) is 6.42 Å². The Morgan fingerprint density at radius 2 is 2.12 bits per heavy atom. The second-order valence-electron chi connectivity index (χ2n) is 3.78. The molecule has 2 N–H and O–H groups in total. The van der Waals surface area contributed by atoms with Crippen LogP contribution >= 0.6 is 23.4 Å². The molecule has 0 bridgehead atoms. The van der Waals surface area contributed by atoms with Crippen LogP contribution in [0.15, 0.2) is 12.1 Å². The molecule has 2 rings (SSSR count). The molecule has 1 fully saturated rings. The van der Waals surface area contributed by atoms with Gasteiger partial charge < -0.3 is 10.6 Å². The van der Waals surface area contributed by atoms with Crippen molar-refractivity contribution in [2.75, 3.05) is 35.2 Å². The van der Waals surface area contributed by atoms with Gasteiger partial charge >= 0.3 is 0 Å². The molecular formula is C11H14ClFN2S. The largest absolute Gasteiger partial charge is 0.397 e. The van der Waals surface area contributed by atoms with E-state index in [0.29, 0.717) is 5.69 Å². The molecule has 1 aromatic carbocycles. The summed E-state index contributed by atoms with van der Waals surface area (Å²) in [7, 11) is 0. The molecule has 1 aromatic rings. The van der Waals surface area contributed by atoms with Crippen molar-refractivity contribution >= 4 is 34.7 Å². The maximum atomic E-state index is 13.2. The zero-order chi connectivity index (χ0) is 11.5. The Labute approximate surface area is 104 Å². The molecule has 5 heteroatoms. The van der Waals surface area contributed by atoms with Crippen molar-refractivity contribution in [1.29, 1.82) is 0 Å². The van der Waals surface area contributed by atoms with Gasteiger partial charge in [-0.3, -0.25) is 0 Å². The Morgan fingerprint density at radius 1 is 1.31 bits per heavy atom. The maximum Gasteiger partial charge on any atom is 0.143 e. The Morgan fingerprint density at radius 3 is 2.94 bits per heavy atom. The summed E-state index contributed by atoms with van der Waals surface area (Å²) in [6, 6.07) is 2.93. The summed E-state index contributed by atoms with van der Waals surface area (Å²) >= 11 is 7.72. The van der Waals surface area contributed by atoms with Gasteiger partial charge in [0.05, 0.1) is 16.4 Å². The van der Waals surface area contributed by atoms with Crippen LogP contribution in [0.3, 0.4) is 0 Å². The number of hydrogen-bond donors (Lipinski definition) is 1. The lowest BCUT2D eigenvalue weighted by Gasteiger charge is -2.24. The summed E-state index contributed by atoms with van der Waals surface area (Å²) in [6.45, 7) is 1.90. The molecule has 16 heavy (non-hydrogen) atoms. The SMILES string of the molecule is Nc1cc(F)c(Cl)cc1N1CCCSCC1. The lowest BCUT2D eigenvalue weighted by Crippen LogP contribution is -2.26. The number of rotatable bonds is 1. The van der Waals surface area contributed by atoms with Crippen molar-refractivity contribution < 1.29 is 4.39 Å². The zero-order valence-electron chi connectivity index (χ0n) is 8.88. The van der Waals surface area contributed by atoms with Crippen molar-refractivity contribution in [3.8, 4) is 0 Å². The smallest absolute Gasteiger partial charge is 0.143 e. The summed E-state index contributed by atoms with van der Waals surface area (Å²) in [5, 5.41) is 0.140. The van der Waals surface area contributed by atoms with Gasteiger partial charge in [-0.1, -0.05) is 11.6 Å². The number of benzene rings is 1. The molecule has 0 radical (unpaired) electrons. The molecule has 2 nitrogen and oxygen atoms in total. The highest BCUT2D eigenvalue weighted by Crippen LogP contribution is 2.30. The van der Waals surface area contributed by atoms with Crippen LogP contribution in [0.2, 0.25) is 5.02 Å². The fraction of sp³-hybridized carbons (Fsp3) is 0.455. The molecule has 0 atom stereocenters. The summed E-state index contributed by atoms with van der Waals surface area (Å²) in [5.41, 5.74) is 7.15. The molecule has 1 aliphatic rings. The van der Waals surface area contributed by atoms with Gasteiger partial charge in [0.15, 0.2) is 0 Å². The molecule has 1 saturated heterocycles. The van der Waals surface area contributed by atoms with E-state index >= 15 is 0 Å². The van der Waals surface area contributed by atoms with E-state index in [-0.39, 0.29) is 5.02 Å². The first-order valence-electron chi connectivity index (χ1n) is 5.25. The fourth-order valence-electron chi connectivity index (χ4n) is 1.81. The predicted octanol–water partition coefficient (Wildman–Crippen LogP) is 3.00. The average molecular weight is 261 g/mol. The van der Waals surface area contributed by atoms with Crippen LogP contribution < -0.4 is 10.6 Å². The van der Waals surface area contributed by atoms with E-state index < -0.39 is 5.82 Å². The van der Waals surface area contributed by atoms with E-state index in [1.807, 2.05) is 11.8 Å². The Bertz CT molecular complexity index is 378. The molecule has 0 unspecified atom stereocenters. The van der Waals surface area contributed by atoms with E-state index in [2.05, 4.69) is 4.90 Å². The molecule has 1 aliphatic heterocycles. The topological polar surface area (TPSA) is 29.3 Å². The van der Waals surface area contributed by atoms with Crippen LogP contribution in [-0.2, 0) is 0 Å². The minimum atomic E-state index is -0.452. The molecule has 1 heterocycles. The van der Waals surface area contributed by atoms with Crippen LogP contribution in [0.5, 0.6) is 0 Å². The van der Waals surface area contributed by atoms with Crippen LogP contribution in [0.4, 0.5) is 15.8 Å². The Kier molecular flexibility index (Phi) is 3.82. The number of anilines is 2. The molecule has 0 amide bonds. The molecular weight excluding hydrogens is 247 g/mol. The molecule has 88 valence electrons. The van der Waals surface area contributed by atoms with Crippen molar-refractivity contribution in [3.05, 3.63) is 23.0 Å². The van der Waals surface area contributed by atoms with E-state index in [1.165, 1.54) is 11.8 Å². The number of thioether (sulfide) groups is 1. The lowest BCUT2D eigenvalue weighted by molar-refractivity contribution is 0.628. The van der Waals surface area contributed by atoms with Gasteiger partial charge in [0.25, 0.3) is 0 Å². The lowest BCUT2D eigenvalue weighted by atomic mass is 10.2. The summed E-state index contributed by atoms with van der Waals surface area (Å²) in [5.74, 6) is 1.80. The number of nitrogens with zero attached hydrogens (tertiary/aromatic N) is 1. The van der Waals surface area contributed by atoms with E-state index in [4.69, 9.17) is 17.3 Å². The van der Waals surface area contributed by atoms with Crippen molar-refractivity contribution in [2.45, 2.75) is 6.42 Å². The van der Waals surface area contributed by atoms with Gasteiger partial charge in [0.1, 0.15) is 5.82 Å². The maximum absolute atomic E-state index is 13.2. The monoisotopic (exact) mass is 260 g/mol. The second-order valence-corrected chi connectivity index (χ2v) is 5.41. The standard InChI is InChI=1S/C11H14ClFN2S/c12-8-6-11(10(14)7-9(8)13)15-2-1-4-16-5-3-15/h6-7H,1-5,14H2. The van der Waals surface area contributed by atoms with Crippen molar-refractivity contribution in [1.82, 2.24) is 0 Å². The van der Waals surface area contributed by atoms with E-state index in [1.54, 1.807) is 6.07 Å². The second kappa shape index (κ2) is 5.15. The third kappa shape index (κ3) is 2.55. The highest BCUT2D eigenvalue weighted by molar-refractivity contribution is 7.99. The van der Waals surface area contributed by atoms with Crippen molar-refractivity contribution in [3.63, 3.8) is 0 Å². The minimum Gasteiger partial charge on any atom is -0.397 e. The molecule has 0 saturated carbocycles. The van der Waals surface area contributed by atoms with Gasteiger partial charge in [0.2, 0.25) is 0 Å². The summed E-state index contributed by atoms with van der Waals surface area (Å²) in [6.07, 6.45) is 1.12. The third-order valence-electron chi connectivity index (χ3n) is 2.63. The summed E-state index contributed by atoms with van der Waals surface area (Å²) < 4.78 is 13.2. The number of nitrogen functional groups attached to an aromatic ring is 1. The van der Waals surface area contributed by atoms with E-state index in [9.17, 15) is 4.39 Å². The molecule has 0 aliphatic carbocycles. The first-order chi connectivity index (χ1) is 7.68. The van der Waals surface area contributed by atoms with Gasteiger partial charge in [0, 0.05) is 24.9 Å². The average Bonchev–Trinajstić information content (AvgIpc) is 2.52. The van der Waals surface area contributed by atoms with Crippen LogP contribution in [-0.4, -0.2) is 24.6 Å². The molecule has 0 spiro atoms. The van der Waals surface area contributed by atoms with E-state index in [0.717, 1.165) is 31.0 Å². The molecule has 0 aromatic heterocycles. The van der Waals surface area contributed by atoms with Gasteiger partial charge in [-0.25, -0.2) is 4.39 Å². The highest BCUT2D eigenvalue weighted by Gasteiger charge is 2.14. The fourth-order valence-corrected chi connectivity index (χ4v) is 2.86. The first kappa shape index (κ1) is 11.9. The summed E-state index contributed by atoms with van der Waals surface area (Å²) in [4.78, 5) is 2.18. The predicted molar refractivity (Wildman–Crippen MR) is 70.0 cm³/mol. The zero-order valence-corrected chi connectivity index (χ0v) is 10.5. The number of nitrogens with two attached hydrogens (primary N) is 1. The highest BCUT2D eigenvalue weighted by atomic mass is 35.5. The van der Waals surface area contributed by atoms with Crippen molar-refractivity contribution in [2.24, 2.45) is 0 Å². The Balaban J connectivity index is 2.27. The first-order valence-corrected chi connectivity index (χ1v) is 6.79. The van der Waals surface area contributed by atoms with Gasteiger partial charge in [-0.15, -0.1) is 0 Å². The quantitative estimate of drug-likeness (QED) is 0.787. The third-order valence-corrected chi connectivity index (χ3v) is 3.97. The number of halogens is 2. The van der Waals surface area contributed by atoms with Gasteiger partial charge in [-0.2, -0.15) is 11.8 Å². The van der Waals surface area contributed by atoms with Gasteiger partial charge in [-0.05, 0) is 18.2 Å². The Hall–Kier alpha value is -0.610. The normalized spacial score (nSPS) is 17.2. The van der Waals surface area contributed by atoms with Crippen LogP contribution in [0, 0.1) is 5.82 Å².